The van der Waals surface area contributed by atoms with Gasteiger partial charge in [-0.2, -0.15) is 0 Å². The first-order valence-corrected chi connectivity index (χ1v) is 7.16. The van der Waals surface area contributed by atoms with Crippen LogP contribution in [-0.2, 0) is 4.74 Å². The molecule has 0 fully saturated rings. The van der Waals surface area contributed by atoms with Crippen molar-refractivity contribution in [2.24, 2.45) is 0 Å². The second-order valence-corrected chi connectivity index (χ2v) is 9.06. The molecule has 0 aliphatic rings. The van der Waals surface area contributed by atoms with E-state index in [1.54, 1.807) is 0 Å². The number of rotatable bonds is 4. The minimum absolute atomic E-state index is 0. The molecule has 0 aliphatic heterocycles. The Morgan fingerprint density at radius 3 is 2.36 bits per heavy atom. The zero-order chi connectivity index (χ0) is 8.04. The van der Waals surface area contributed by atoms with Gasteiger partial charge in [0.05, 0.1) is 6.61 Å². The van der Waals surface area contributed by atoms with Gasteiger partial charge in [-0.25, -0.2) is 6.58 Å². The molecule has 0 N–H and O–H groups in total. The fourth-order valence-electron chi connectivity index (χ4n) is 0.459. The summed E-state index contributed by atoms with van der Waals surface area (Å²) in [7, 11) is -0.920. The first-order valence-electron chi connectivity index (χ1n) is 3.45. The Bertz CT molecular complexity index is 134. The molecule has 0 spiro atoms. The first-order chi connectivity index (χ1) is 4.56. The van der Waals surface area contributed by atoms with E-state index in [2.05, 4.69) is 38.2 Å². The van der Waals surface area contributed by atoms with E-state index >= 15 is 0 Å². The van der Waals surface area contributed by atoms with Crippen LogP contribution >= 0.6 is 0 Å². The second kappa shape index (κ2) is 6.82. The maximum atomic E-state index is 4.97. The zero-order valence-electron chi connectivity index (χ0n) is 8.03. The molecule has 3 heteroatoms. The zero-order valence-corrected chi connectivity index (χ0v) is 9.03. The molecule has 0 aromatic carbocycles. The van der Waals surface area contributed by atoms with Crippen molar-refractivity contribution in [3.05, 3.63) is 18.6 Å². The van der Waals surface area contributed by atoms with Crippen LogP contribution in [0.15, 0.2) is 12.3 Å². The van der Waals surface area contributed by atoms with E-state index in [4.69, 9.17) is 4.74 Å². The Hall–Kier alpha value is 0.134. The Balaban J connectivity index is 0. The molecular weight excluding hydrogens is 147 g/mol. The summed E-state index contributed by atoms with van der Waals surface area (Å²) in [4.78, 5) is 0. The second-order valence-electron chi connectivity index (χ2n) is 3.44. The van der Waals surface area contributed by atoms with E-state index in [9.17, 15) is 0 Å². The molecule has 0 aromatic heterocycles. The maximum Gasteiger partial charge on any atom is 1.00 e. The maximum absolute atomic E-state index is 4.97. The van der Waals surface area contributed by atoms with E-state index in [1.807, 2.05) is 0 Å². The van der Waals surface area contributed by atoms with Crippen LogP contribution < -0.4 is 18.9 Å². The van der Waals surface area contributed by atoms with Crippen molar-refractivity contribution in [2.75, 3.05) is 6.61 Å². The van der Waals surface area contributed by atoms with Crippen molar-refractivity contribution in [1.29, 1.82) is 0 Å². The third-order valence-corrected chi connectivity index (χ3v) is 2.80. The van der Waals surface area contributed by atoms with Crippen molar-refractivity contribution in [1.82, 2.24) is 0 Å². The normalized spacial score (nSPS) is 9.36. The van der Waals surface area contributed by atoms with Crippen LogP contribution in [0.4, 0.5) is 0 Å². The van der Waals surface area contributed by atoms with Gasteiger partial charge in [-0.15, -0.1) is 0 Å². The van der Waals surface area contributed by atoms with Gasteiger partial charge < -0.3 is 4.74 Å². The van der Waals surface area contributed by atoms with E-state index in [-0.39, 0.29) is 18.9 Å². The van der Waals surface area contributed by atoms with Gasteiger partial charge in [0.25, 0.3) is 0 Å². The average molecular weight is 162 g/mol. The van der Waals surface area contributed by atoms with E-state index in [0.29, 0.717) is 0 Å². The third kappa shape index (κ3) is 13.2. The van der Waals surface area contributed by atoms with Crippen molar-refractivity contribution in [3.8, 4) is 0 Å². The topological polar surface area (TPSA) is 9.23 Å². The van der Waals surface area contributed by atoms with Crippen molar-refractivity contribution >= 4 is 8.07 Å². The summed E-state index contributed by atoms with van der Waals surface area (Å²) in [6.45, 7) is 11.0. The summed E-state index contributed by atoms with van der Waals surface area (Å²) in [6.07, 6.45) is 2.48. The molecule has 0 unspecified atom stereocenters. The minimum atomic E-state index is -0.920. The number of hydrogen-bond acceptors (Lipinski definition) is 1. The molecule has 0 bridgehead atoms. The standard InChI is InChI=1S/C8H15OSi.Li/c1-5-6-9-7-8-10(2,3)4;/h1,7-8H2,2-4H3;/q-1;+1. The molecule has 0 aromatic rings. The van der Waals surface area contributed by atoms with Crippen LogP contribution in [0.2, 0.25) is 25.7 Å². The average Bonchev–Trinajstić information content (AvgIpc) is 1.78. The molecule has 0 radical (unpaired) electrons. The SMILES string of the molecule is C=C=[C-]OCC[Si](C)(C)C.[Li+]. The molecule has 0 heterocycles. The summed E-state index contributed by atoms with van der Waals surface area (Å²) in [5.41, 5.74) is 2.45. The predicted octanol–water partition coefficient (Wildman–Crippen LogP) is -0.553. The predicted molar refractivity (Wildman–Crippen MR) is 46.5 cm³/mol. The quantitative estimate of drug-likeness (QED) is 0.177. The van der Waals surface area contributed by atoms with Gasteiger partial charge in [0.1, 0.15) is 0 Å². The summed E-state index contributed by atoms with van der Waals surface area (Å²) < 4.78 is 4.97. The van der Waals surface area contributed by atoms with E-state index in [1.165, 1.54) is 6.04 Å². The summed E-state index contributed by atoms with van der Waals surface area (Å²) in [5.74, 6) is 0. The minimum Gasteiger partial charge on any atom is -0.586 e. The van der Waals surface area contributed by atoms with Crippen molar-refractivity contribution in [2.45, 2.75) is 25.7 Å². The van der Waals surface area contributed by atoms with E-state index in [0.717, 1.165) is 6.61 Å². The van der Waals surface area contributed by atoms with E-state index < -0.39 is 8.07 Å². The largest absolute Gasteiger partial charge is 1.00 e. The summed E-state index contributed by atoms with van der Waals surface area (Å²) in [6, 6.07) is 1.17. The van der Waals surface area contributed by atoms with Crippen molar-refractivity contribution in [3.63, 3.8) is 0 Å². The molecule has 0 atom stereocenters. The smallest absolute Gasteiger partial charge is 0.586 e. The Morgan fingerprint density at radius 1 is 1.45 bits per heavy atom. The molecule has 0 saturated heterocycles. The molecule has 11 heavy (non-hydrogen) atoms. The van der Waals surface area contributed by atoms with Gasteiger partial charge in [-0.3, -0.25) is 5.73 Å². The fourth-order valence-corrected chi connectivity index (χ4v) is 1.17. The molecular formula is C8H15LiOSi. The summed E-state index contributed by atoms with van der Waals surface area (Å²) in [5, 5.41) is 0. The van der Waals surface area contributed by atoms with Crippen LogP contribution in [0.3, 0.4) is 0 Å². The Morgan fingerprint density at radius 2 is 2.00 bits per heavy atom. The first kappa shape index (κ1) is 13.7. The molecule has 0 amide bonds. The van der Waals surface area contributed by atoms with Crippen LogP contribution in [0.25, 0.3) is 0 Å². The van der Waals surface area contributed by atoms with Gasteiger partial charge in [-0.1, -0.05) is 19.6 Å². The molecule has 0 aliphatic carbocycles. The molecule has 58 valence electrons. The molecule has 1 nitrogen and oxygen atoms in total. The van der Waals surface area contributed by atoms with Crippen molar-refractivity contribution < 1.29 is 23.6 Å². The number of ether oxygens (including phenoxy) is 1. The fraction of sp³-hybridized carbons (Fsp3) is 0.625. The Kier molecular flexibility index (Phi) is 8.50. The van der Waals surface area contributed by atoms with Gasteiger partial charge >= 0.3 is 18.9 Å². The number of hydrogen-bond donors (Lipinski definition) is 0. The van der Waals surface area contributed by atoms with Gasteiger partial charge in [0, 0.05) is 8.07 Å². The summed E-state index contributed by atoms with van der Waals surface area (Å²) >= 11 is 0. The monoisotopic (exact) mass is 162 g/mol. The molecule has 0 rings (SSSR count). The van der Waals surface area contributed by atoms with Crippen LogP contribution in [0, 0.1) is 6.26 Å². The third-order valence-electron chi connectivity index (χ3n) is 1.10. The van der Waals surface area contributed by atoms with Gasteiger partial charge in [0.15, 0.2) is 0 Å². The van der Waals surface area contributed by atoms with Gasteiger partial charge in [0.2, 0.25) is 0 Å². The van der Waals surface area contributed by atoms with Crippen LogP contribution in [-0.4, -0.2) is 14.7 Å². The Labute approximate surface area is 82.7 Å². The van der Waals surface area contributed by atoms with Crippen LogP contribution in [0.5, 0.6) is 0 Å². The van der Waals surface area contributed by atoms with Gasteiger partial charge in [-0.05, 0) is 12.3 Å². The molecule has 0 saturated carbocycles. The van der Waals surface area contributed by atoms with Crippen LogP contribution in [0.1, 0.15) is 0 Å².